The van der Waals surface area contributed by atoms with E-state index >= 15 is 0 Å². The number of anilines is 3. The molecule has 1 aliphatic heterocycles. The van der Waals surface area contributed by atoms with Crippen molar-refractivity contribution < 1.29 is 13.8 Å². The lowest BCUT2D eigenvalue weighted by atomic mass is 10.2. The van der Waals surface area contributed by atoms with Crippen molar-refractivity contribution in [1.29, 1.82) is 0 Å². The van der Waals surface area contributed by atoms with Gasteiger partial charge in [0.1, 0.15) is 6.29 Å². The highest BCUT2D eigenvalue weighted by molar-refractivity contribution is 7.84. The first kappa shape index (κ1) is 46.0. The summed E-state index contributed by atoms with van der Waals surface area (Å²) in [7, 11) is 1.77. The van der Waals surface area contributed by atoms with Crippen molar-refractivity contribution in [2.24, 2.45) is 5.73 Å². The number of nitrogens with two attached hydrogens (primary N) is 1. The van der Waals surface area contributed by atoms with Gasteiger partial charge in [0.15, 0.2) is 11.2 Å². The molecule has 11 heteroatoms. The van der Waals surface area contributed by atoms with Crippen LogP contribution in [-0.4, -0.2) is 36.5 Å². The van der Waals surface area contributed by atoms with Crippen LogP contribution in [0.3, 0.4) is 0 Å². The molecule has 1 fully saturated rings. The predicted octanol–water partition coefficient (Wildman–Crippen LogP) is 9.52. The summed E-state index contributed by atoms with van der Waals surface area (Å²) in [5.41, 5.74) is 9.03. The van der Waals surface area contributed by atoms with E-state index in [0.29, 0.717) is 27.0 Å². The Balaban J connectivity index is 0. The van der Waals surface area contributed by atoms with Crippen LogP contribution in [0, 0.1) is 0 Å². The number of nitrogens with one attached hydrogen (secondary N) is 3. The van der Waals surface area contributed by atoms with Crippen molar-refractivity contribution in [3.05, 3.63) is 138 Å². The minimum absolute atomic E-state index is 0.214. The Kier molecular flexibility index (Phi) is 27.8. The summed E-state index contributed by atoms with van der Waals surface area (Å²) in [6.07, 6.45) is 6.66. The zero-order chi connectivity index (χ0) is 36.9. The van der Waals surface area contributed by atoms with E-state index in [1.54, 1.807) is 84.2 Å². The lowest BCUT2D eigenvalue weighted by molar-refractivity contribution is 0.102. The fourth-order valence-electron chi connectivity index (χ4n) is 3.29. The third kappa shape index (κ3) is 18.9. The van der Waals surface area contributed by atoms with Crippen LogP contribution in [0.2, 0.25) is 5.02 Å². The summed E-state index contributed by atoms with van der Waals surface area (Å²) in [6, 6.07) is 21.4. The van der Waals surface area contributed by atoms with Crippen LogP contribution >= 0.6 is 23.2 Å². The molecule has 3 aromatic rings. The number of benzene rings is 3. The van der Waals surface area contributed by atoms with Gasteiger partial charge < -0.3 is 16.4 Å². The summed E-state index contributed by atoms with van der Waals surface area (Å²) in [6.45, 7) is 21.6. The molecule has 1 unspecified atom stereocenters. The van der Waals surface area contributed by atoms with Gasteiger partial charge in [0, 0.05) is 42.6 Å². The number of carbonyl (C=O) groups is 2. The monoisotopic (exact) mass is 715 g/mol. The SMILES string of the molecule is C=C/C=C(/Cl)C(=C)N.C=CC.CC.CC.CNc1cc(NC(=O)c2ccc(N3CCCNS3=O)cc2)ccc1Cl.O=Cc1ccccc1. The molecule has 4 rings (SSSR count). The van der Waals surface area contributed by atoms with Crippen LogP contribution < -0.4 is 25.4 Å². The van der Waals surface area contributed by atoms with Crippen molar-refractivity contribution in [2.45, 2.75) is 41.0 Å². The molecule has 0 spiro atoms. The Hall–Kier alpha value is -4.15. The first-order valence-electron chi connectivity index (χ1n) is 15.4. The molecule has 5 N–H and O–H groups in total. The molecule has 1 aliphatic rings. The molecule has 0 aliphatic carbocycles. The Morgan fingerprint density at radius 2 is 1.60 bits per heavy atom. The number of halogens is 2. The molecular formula is C37H51Cl2N5O3S. The number of hydrogen-bond donors (Lipinski definition) is 4. The third-order valence-corrected chi connectivity index (χ3v) is 7.32. The van der Waals surface area contributed by atoms with E-state index in [2.05, 4.69) is 35.1 Å². The second-order valence-corrected chi connectivity index (χ2v) is 10.8. The van der Waals surface area contributed by atoms with Gasteiger partial charge in [-0.05, 0) is 61.9 Å². The Morgan fingerprint density at radius 3 is 2.04 bits per heavy atom. The number of carbonyl (C=O) groups excluding carboxylic acids is 2. The van der Waals surface area contributed by atoms with Crippen LogP contribution in [0.15, 0.2) is 121 Å². The highest BCUT2D eigenvalue weighted by Crippen LogP contribution is 2.25. The average molecular weight is 717 g/mol. The lowest BCUT2D eigenvalue weighted by Crippen LogP contribution is -2.42. The van der Waals surface area contributed by atoms with Crippen LogP contribution in [0.1, 0.15) is 61.8 Å². The zero-order valence-corrected chi connectivity index (χ0v) is 31.2. The summed E-state index contributed by atoms with van der Waals surface area (Å²) in [5, 5.41) is 6.85. The smallest absolute Gasteiger partial charge is 0.255 e. The standard InChI is InChI=1S/C17H19ClN4O2S.C7H6O.C6H8ClN.C3H6.2C2H6/c1-19-16-11-13(5-8-15(16)18)21-17(23)12-3-6-14(7-4-12)22-10-2-9-20-25(22)24;8-6-7-4-2-1-3-5-7;1-3-4-6(7)5(2)8;1-3-2;2*1-2/h3-8,11,19-20H,2,9-10H2,1H3,(H,21,23);1-6H;3-4H,1-2,8H2;3H,1H2,2H3;2*1-2H3/b;;6-4+;;;. The van der Waals surface area contributed by atoms with Crippen molar-refractivity contribution in [3.63, 3.8) is 0 Å². The molecule has 1 amide bonds. The molecular weight excluding hydrogens is 665 g/mol. The van der Waals surface area contributed by atoms with Gasteiger partial charge in [-0.15, -0.1) is 6.58 Å². The molecule has 0 saturated carbocycles. The van der Waals surface area contributed by atoms with E-state index in [1.165, 1.54) is 0 Å². The van der Waals surface area contributed by atoms with Gasteiger partial charge in [0.25, 0.3) is 5.91 Å². The maximum Gasteiger partial charge on any atom is 0.255 e. The predicted molar refractivity (Wildman–Crippen MR) is 211 cm³/mol. The maximum atomic E-state index is 12.4. The summed E-state index contributed by atoms with van der Waals surface area (Å²) in [5.74, 6) is -0.214. The average Bonchev–Trinajstić information content (AvgIpc) is 3.12. The number of allylic oxidation sites excluding steroid dienone is 4. The van der Waals surface area contributed by atoms with Gasteiger partial charge in [-0.1, -0.05) is 107 Å². The van der Waals surface area contributed by atoms with E-state index in [1.807, 2.05) is 52.8 Å². The van der Waals surface area contributed by atoms with Crippen LogP contribution in [-0.2, 0) is 11.2 Å². The largest absolute Gasteiger partial charge is 0.398 e. The molecule has 1 saturated heterocycles. The van der Waals surface area contributed by atoms with Crippen molar-refractivity contribution in [2.75, 3.05) is 35.1 Å². The van der Waals surface area contributed by atoms with Gasteiger partial charge in [-0.2, -0.15) is 0 Å². The maximum absolute atomic E-state index is 12.4. The molecule has 262 valence electrons. The molecule has 0 radical (unpaired) electrons. The molecule has 48 heavy (non-hydrogen) atoms. The summed E-state index contributed by atoms with van der Waals surface area (Å²) >= 11 is 10.3. The summed E-state index contributed by atoms with van der Waals surface area (Å²) < 4.78 is 16.7. The Morgan fingerprint density at radius 1 is 1.02 bits per heavy atom. The Bertz CT molecular complexity index is 1430. The van der Waals surface area contributed by atoms with E-state index in [9.17, 15) is 13.8 Å². The number of rotatable bonds is 7. The second-order valence-electron chi connectivity index (χ2n) is 8.76. The van der Waals surface area contributed by atoms with E-state index in [4.69, 9.17) is 28.9 Å². The second kappa shape index (κ2) is 29.0. The first-order chi connectivity index (χ1) is 23.1. The molecule has 8 nitrogen and oxygen atoms in total. The van der Waals surface area contributed by atoms with Gasteiger partial charge in [-0.25, -0.2) is 8.93 Å². The van der Waals surface area contributed by atoms with E-state index in [-0.39, 0.29) is 5.91 Å². The van der Waals surface area contributed by atoms with Crippen molar-refractivity contribution in [3.8, 4) is 0 Å². The summed E-state index contributed by atoms with van der Waals surface area (Å²) in [4.78, 5) is 22.4. The van der Waals surface area contributed by atoms with Gasteiger partial charge >= 0.3 is 0 Å². The fraction of sp³-hybridized carbons (Fsp3) is 0.243. The topological polar surface area (TPSA) is 117 Å². The lowest BCUT2D eigenvalue weighted by Gasteiger charge is -2.27. The Labute approximate surface area is 300 Å². The van der Waals surface area contributed by atoms with Gasteiger partial charge in [-0.3, -0.25) is 13.9 Å². The van der Waals surface area contributed by atoms with E-state index < -0.39 is 11.2 Å². The number of aldehydes is 1. The number of nitrogens with zero attached hydrogens (tertiary/aromatic N) is 1. The zero-order valence-electron chi connectivity index (χ0n) is 28.9. The van der Waals surface area contributed by atoms with Crippen LogP contribution in [0.25, 0.3) is 0 Å². The van der Waals surface area contributed by atoms with Crippen LogP contribution in [0.4, 0.5) is 17.1 Å². The molecule has 3 aromatic carbocycles. The van der Waals surface area contributed by atoms with Gasteiger partial charge in [0.2, 0.25) is 0 Å². The van der Waals surface area contributed by atoms with E-state index in [0.717, 1.165) is 42.7 Å². The fourth-order valence-corrected chi connectivity index (χ4v) is 4.67. The normalized spacial score (nSPS) is 12.7. The number of amides is 1. The minimum Gasteiger partial charge on any atom is -0.398 e. The van der Waals surface area contributed by atoms with Gasteiger partial charge in [0.05, 0.1) is 21.4 Å². The molecule has 0 aromatic heterocycles. The molecule has 1 atom stereocenters. The van der Waals surface area contributed by atoms with Crippen molar-refractivity contribution in [1.82, 2.24) is 4.72 Å². The highest BCUT2D eigenvalue weighted by Gasteiger charge is 2.18. The quantitative estimate of drug-likeness (QED) is 0.110. The molecule has 0 bridgehead atoms. The first-order valence-corrected chi connectivity index (χ1v) is 17.3. The third-order valence-electron chi connectivity index (χ3n) is 5.38. The minimum atomic E-state index is -1.22. The highest BCUT2D eigenvalue weighted by atomic mass is 35.5. The number of hydrogen-bond acceptors (Lipinski definition) is 5. The van der Waals surface area contributed by atoms with Crippen molar-refractivity contribution >= 4 is 63.6 Å². The van der Waals surface area contributed by atoms with Crippen LogP contribution in [0.5, 0.6) is 0 Å². The molecule has 1 heterocycles.